The molecule has 0 radical (unpaired) electrons. The van der Waals surface area contributed by atoms with Crippen LogP contribution < -0.4 is 9.62 Å². The third-order valence-electron chi connectivity index (χ3n) is 6.41. The Kier molecular flexibility index (Phi) is 11.3. The lowest BCUT2D eigenvalue weighted by atomic mass is 10.0. The second-order valence-corrected chi connectivity index (χ2v) is 12.7. The third kappa shape index (κ3) is 8.86. The zero-order valence-electron chi connectivity index (χ0n) is 22.5. The number of nitrogens with one attached hydrogen (secondary N) is 1. The number of halogens is 3. The first-order valence-electron chi connectivity index (χ1n) is 12.7. The van der Waals surface area contributed by atoms with Crippen LogP contribution in [0.5, 0.6) is 0 Å². The van der Waals surface area contributed by atoms with Gasteiger partial charge in [-0.3, -0.25) is 13.9 Å². The largest absolute Gasteiger partial charge is 0.352 e. The predicted octanol–water partition coefficient (Wildman–Crippen LogP) is 5.97. The fourth-order valence-corrected chi connectivity index (χ4v) is 5.30. The van der Waals surface area contributed by atoms with Gasteiger partial charge in [0.1, 0.15) is 12.6 Å². The van der Waals surface area contributed by atoms with Gasteiger partial charge in [0, 0.05) is 24.0 Å². The number of rotatable bonds is 12. The molecular formula is C29H32Cl3N3O4S. The van der Waals surface area contributed by atoms with Crippen molar-refractivity contribution in [1.82, 2.24) is 10.2 Å². The molecule has 0 aliphatic heterocycles. The number of carbonyl (C=O) groups excluding carboxylic acids is 2. The maximum Gasteiger partial charge on any atom is 0.244 e. The average Bonchev–Trinajstić information content (AvgIpc) is 2.91. The lowest BCUT2D eigenvalue weighted by Gasteiger charge is -2.34. The number of sulfonamides is 1. The van der Waals surface area contributed by atoms with Crippen molar-refractivity contribution in [3.63, 3.8) is 0 Å². The molecule has 3 aromatic carbocycles. The summed E-state index contributed by atoms with van der Waals surface area (Å²) in [6, 6.07) is 19.6. The fourth-order valence-electron chi connectivity index (χ4n) is 4.04. The highest BCUT2D eigenvalue weighted by Gasteiger charge is 2.33. The monoisotopic (exact) mass is 623 g/mol. The normalized spacial score (nSPS) is 12.8. The van der Waals surface area contributed by atoms with E-state index in [1.807, 2.05) is 44.2 Å². The van der Waals surface area contributed by atoms with Crippen molar-refractivity contribution < 1.29 is 18.0 Å². The molecule has 7 nitrogen and oxygen atoms in total. The molecule has 0 aromatic heterocycles. The summed E-state index contributed by atoms with van der Waals surface area (Å²) >= 11 is 18.3. The second-order valence-electron chi connectivity index (χ2n) is 9.54. The van der Waals surface area contributed by atoms with Crippen molar-refractivity contribution >= 4 is 62.3 Å². The first-order chi connectivity index (χ1) is 18.9. The molecule has 2 atom stereocenters. The van der Waals surface area contributed by atoms with Gasteiger partial charge in [0.15, 0.2) is 0 Å². The van der Waals surface area contributed by atoms with Crippen molar-refractivity contribution in [3.8, 4) is 0 Å². The minimum absolute atomic E-state index is 0.0560. The number of nitrogens with zero attached hydrogens (tertiary/aromatic N) is 2. The molecule has 2 amide bonds. The Labute approximate surface area is 251 Å². The summed E-state index contributed by atoms with van der Waals surface area (Å²) in [6.45, 7) is 3.35. The molecule has 0 spiro atoms. The Balaban J connectivity index is 2.06. The van der Waals surface area contributed by atoms with Crippen LogP contribution in [0.3, 0.4) is 0 Å². The Morgan fingerprint density at radius 3 is 2.12 bits per heavy atom. The molecule has 0 aliphatic rings. The Morgan fingerprint density at radius 2 is 1.55 bits per heavy atom. The van der Waals surface area contributed by atoms with Crippen LogP contribution in [0.1, 0.15) is 31.4 Å². The van der Waals surface area contributed by atoms with E-state index in [-0.39, 0.29) is 40.6 Å². The summed E-state index contributed by atoms with van der Waals surface area (Å²) in [4.78, 5) is 29.1. The number of amides is 2. The summed E-state index contributed by atoms with van der Waals surface area (Å²) in [6.07, 6.45) is 1.94. The molecular weight excluding hydrogens is 593 g/mol. The maximum atomic E-state index is 14.0. The lowest BCUT2D eigenvalue weighted by molar-refractivity contribution is -0.140. The van der Waals surface area contributed by atoms with E-state index in [1.165, 1.54) is 23.1 Å². The minimum Gasteiger partial charge on any atom is -0.352 e. The standard InChI is InChI=1S/C29H32Cl3N3O4S/c1-4-20(2)33-29(37)27(16-21-8-6-5-7-9-21)34(18-22-10-12-23(30)13-11-22)28(36)19-35(40(3,38)39)24-14-15-25(31)26(32)17-24/h5-15,17,20,27H,4,16,18-19H2,1-3H3,(H,33,37)/t20-,27-/m1/s1. The van der Waals surface area contributed by atoms with Gasteiger partial charge in [0.05, 0.1) is 22.0 Å². The van der Waals surface area contributed by atoms with Gasteiger partial charge in [-0.25, -0.2) is 8.42 Å². The van der Waals surface area contributed by atoms with Crippen LogP contribution in [-0.2, 0) is 32.6 Å². The van der Waals surface area contributed by atoms with Crippen molar-refractivity contribution in [1.29, 1.82) is 0 Å². The number of benzene rings is 3. The minimum atomic E-state index is -3.92. The van der Waals surface area contributed by atoms with Gasteiger partial charge >= 0.3 is 0 Å². The Hall–Kier alpha value is -2.78. The zero-order valence-corrected chi connectivity index (χ0v) is 25.6. The Bertz CT molecular complexity index is 1420. The van der Waals surface area contributed by atoms with E-state index in [9.17, 15) is 18.0 Å². The van der Waals surface area contributed by atoms with Crippen molar-refractivity contribution in [3.05, 3.63) is 99.0 Å². The van der Waals surface area contributed by atoms with Crippen molar-refractivity contribution in [2.24, 2.45) is 0 Å². The highest BCUT2D eigenvalue weighted by molar-refractivity contribution is 7.92. The van der Waals surface area contributed by atoms with Crippen LogP contribution in [-0.4, -0.2) is 50.0 Å². The van der Waals surface area contributed by atoms with Gasteiger partial charge in [0.2, 0.25) is 21.8 Å². The molecule has 0 unspecified atom stereocenters. The van der Waals surface area contributed by atoms with Crippen molar-refractivity contribution in [2.45, 2.75) is 45.3 Å². The number of anilines is 1. The average molecular weight is 625 g/mol. The molecule has 0 bridgehead atoms. The molecule has 214 valence electrons. The van der Waals surface area contributed by atoms with Gasteiger partial charge < -0.3 is 10.2 Å². The van der Waals surface area contributed by atoms with E-state index < -0.39 is 28.5 Å². The number of carbonyl (C=O) groups is 2. The first-order valence-corrected chi connectivity index (χ1v) is 15.7. The van der Waals surface area contributed by atoms with Gasteiger partial charge in [-0.2, -0.15) is 0 Å². The van der Waals surface area contributed by atoms with Crippen LogP contribution in [0.15, 0.2) is 72.8 Å². The van der Waals surface area contributed by atoms with Gasteiger partial charge in [-0.05, 0) is 54.8 Å². The van der Waals surface area contributed by atoms with Crippen LogP contribution >= 0.6 is 34.8 Å². The molecule has 1 N–H and O–H groups in total. The smallest absolute Gasteiger partial charge is 0.244 e. The molecule has 0 fully saturated rings. The molecule has 0 aliphatic carbocycles. The quantitative estimate of drug-likeness (QED) is 0.269. The molecule has 0 heterocycles. The van der Waals surface area contributed by atoms with Gasteiger partial charge in [0.25, 0.3) is 0 Å². The van der Waals surface area contributed by atoms with E-state index in [0.717, 1.165) is 21.7 Å². The fraction of sp³-hybridized carbons (Fsp3) is 0.310. The highest BCUT2D eigenvalue weighted by atomic mass is 35.5. The summed E-state index contributed by atoms with van der Waals surface area (Å²) in [5.41, 5.74) is 1.76. The summed E-state index contributed by atoms with van der Waals surface area (Å²) in [5.74, 6) is -0.896. The van der Waals surface area contributed by atoms with Crippen LogP contribution in [0.25, 0.3) is 0 Å². The van der Waals surface area contributed by atoms with Crippen molar-refractivity contribution in [2.75, 3.05) is 17.1 Å². The zero-order chi connectivity index (χ0) is 29.4. The molecule has 3 rings (SSSR count). The highest BCUT2D eigenvalue weighted by Crippen LogP contribution is 2.29. The maximum absolute atomic E-state index is 14.0. The lowest BCUT2D eigenvalue weighted by Crippen LogP contribution is -2.54. The third-order valence-corrected chi connectivity index (χ3v) is 8.54. The topological polar surface area (TPSA) is 86.8 Å². The van der Waals surface area contributed by atoms with E-state index in [0.29, 0.717) is 11.4 Å². The SMILES string of the molecule is CC[C@@H](C)NC(=O)[C@@H](Cc1ccccc1)N(Cc1ccc(Cl)cc1)C(=O)CN(c1ccc(Cl)c(Cl)c1)S(C)(=O)=O. The molecule has 40 heavy (non-hydrogen) atoms. The Morgan fingerprint density at radius 1 is 0.900 bits per heavy atom. The molecule has 3 aromatic rings. The van der Waals surface area contributed by atoms with Gasteiger partial charge in [-0.1, -0.05) is 84.2 Å². The van der Waals surface area contributed by atoms with Crippen LogP contribution in [0, 0.1) is 0 Å². The number of hydrogen-bond acceptors (Lipinski definition) is 4. The molecule has 0 saturated carbocycles. The van der Waals surface area contributed by atoms with E-state index in [2.05, 4.69) is 5.32 Å². The second kappa shape index (κ2) is 14.2. The van der Waals surface area contributed by atoms with E-state index in [1.54, 1.807) is 24.3 Å². The molecule has 11 heteroatoms. The van der Waals surface area contributed by atoms with Crippen LogP contribution in [0.4, 0.5) is 5.69 Å². The van der Waals surface area contributed by atoms with E-state index >= 15 is 0 Å². The van der Waals surface area contributed by atoms with E-state index in [4.69, 9.17) is 34.8 Å². The molecule has 0 saturated heterocycles. The summed E-state index contributed by atoms with van der Waals surface area (Å²) in [5, 5.41) is 3.91. The predicted molar refractivity (Wildman–Crippen MR) is 162 cm³/mol. The summed E-state index contributed by atoms with van der Waals surface area (Å²) < 4.78 is 26.6. The first kappa shape index (κ1) is 31.7. The number of hydrogen-bond donors (Lipinski definition) is 1. The summed E-state index contributed by atoms with van der Waals surface area (Å²) in [7, 11) is -3.92. The van der Waals surface area contributed by atoms with Crippen LogP contribution in [0.2, 0.25) is 15.1 Å². The van der Waals surface area contributed by atoms with Gasteiger partial charge in [-0.15, -0.1) is 0 Å².